The van der Waals surface area contributed by atoms with Gasteiger partial charge in [0.05, 0.1) is 0 Å². The van der Waals surface area contributed by atoms with Crippen molar-refractivity contribution in [2.75, 3.05) is 13.2 Å². The molecule has 0 spiro atoms. The number of hydrogen-bond donors (Lipinski definition) is 0. The standard InChI is InChI=1S/C22H30O2Si2/c1-7-23-25(3,4)21-15-11-9-13-19(21)17-18-20-14-10-12-16-22(20)26(5,6)24-8-2/h9-16H,7-8H2,1-6H3. The summed E-state index contributed by atoms with van der Waals surface area (Å²) in [6.07, 6.45) is 0. The zero-order valence-electron chi connectivity index (χ0n) is 16.8. The molecule has 2 nitrogen and oxygen atoms in total. The fourth-order valence-corrected chi connectivity index (χ4v) is 7.58. The molecule has 138 valence electrons. The summed E-state index contributed by atoms with van der Waals surface area (Å²) in [6.45, 7) is 14.5. The van der Waals surface area contributed by atoms with Gasteiger partial charge < -0.3 is 8.85 Å². The van der Waals surface area contributed by atoms with E-state index in [0.717, 1.165) is 24.3 Å². The van der Waals surface area contributed by atoms with Crippen LogP contribution in [0.4, 0.5) is 0 Å². The first-order valence-corrected chi connectivity index (χ1v) is 15.1. The normalized spacial score (nSPS) is 11.8. The van der Waals surface area contributed by atoms with Crippen molar-refractivity contribution >= 4 is 27.0 Å². The highest BCUT2D eigenvalue weighted by molar-refractivity contribution is 6.85. The first kappa shape index (κ1) is 20.7. The van der Waals surface area contributed by atoms with E-state index >= 15 is 0 Å². The molecule has 0 radical (unpaired) electrons. The maximum absolute atomic E-state index is 6.08. The van der Waals surface area contributed by atoms with Crippen LogP contribution in [0.3, 0.4) is 0 Å². The molecule has 0 saturated carbocycles. The summed E-state index contributed by atoms with van der Waals surface area (Å²) in [4.78, 5) is 0. The molecule has 4 heteroatoms. The Hall–Kier alpha value is -1.65. The van der Waals surface area contributed by atoms with Crippen molar-refractivity contribution in [2.45, 2.75) is 40.0 Å². The van der Waals surface area contributed by atoms with Gasteiger partial charge in [-0.25, -0.2) is 0 Å². The fourth-order valence-electron chi connectivity index (χ4n) is 3.25. The molecule has 0 aliphatic heterocycles. The molecule has 0 aliphatic carbocycles. The summed E-state index contributed by atoms with van der Waals surface area (Å²) in [5, 5.41) is 2.52. The number of hydrogen-bond acceptors (Lipinski definition) is 2. The molecule has 0 saturated heterocycles. The molecule has 0 unspecified atom stereocenters. The Morgan fingerprint density at radius 1 is 0.654 bits per heavy atom. The van der Waals surface area contributed by atoms with E-state index in [9.17, 15) is 0 Å². The van der Waals surface area contributed by atoms with Crippen LogP contribution in [-0.4, -0.2) is 29.8 Å². The summed E-state index contributed by atoms with van der Waals surface area (Å²) in [7, 11) is -3.89. The largest absolute Gasteiger partial charge is 0.413 e. The molecular formula is C22H30O2Si2. The van der Waals surface area contributed by atoms with E-state index in [1.165, 1.54) is 10.4 Å². The van der Waals surface area contributed by atoms with Crippen LogP contribution in [0.5, 0.6) is 0 Å². The zero-order valence-corrected chi connectivity index (χ0v) is 18.8. The first-order chi connectivity index (χ1) is 12.3. The van der Waals surface area contributed by atoms with Gasteiger partial charge in [-0.3, -0.25) is 0 Å². The van der Waals surface area contributed by atoms with Crippen LogP contribution in [0, 0.1) is 11.8 Å². The van der Waals surface area contributed by atoms with E-state index in [4.69, 9.17) is 8.85 Å². The molecule has 26 heavy (non-hydrogen) atoms. The van der Waals surface area contributed by atoms with Crippen LogP contribution in [0.25, 0.3) is 0 Å². The van der Waals surface area contributed by atoms with E-state index < -0.39 is 16.6 Å². The molecule has 0 heterocycles. The van der Waals surface area contributed by atoms with Gasteiger partial charge in [0, 0.05) is 24.3 Å². The lowest BCUT2D eigenvalue weighted by Crippen LogP contribution is -2.46. The smallest absolute Gasteiger partial charge is 0.219 e. The van der Waals surface area contributed by atoms with E-state index in [1.807, 2.05) is 0 Å². The van der Waals surface area contributed by atoms with Gasteiger partial charge >= 0.3 is 0 Å². The summed E-state index contributed by atoms with van der Waals surface area (Å²) in [5.74, 6) is 6.84. The first-order valence-electron chi connectivity index (χ1n) is 9.30. The lowest BCUT2D eigenvalue weighted by atomic mass is 10.2. The van der Waals surface area contributed by atoms with Crippen LogP contribution < -0.4 is 10.4 Å². The van der Waals surface area contributed by atoms with Gasteiger partial charge in [0.25, 0.3) is 0 Å². The topological polar surface area (TPSA) is 18.5 Å². The Morgan fingerprint density at radius 3 is 1.35 bits per heavy atom. The highest BCUT2D eigenvalue weighted by atomic mass is 28.4. The van der Waals surface area contributed by atoms with Crippen LogP contribution in [0.1, 0.15) is 25.0 Å². The van der Waals surface area contributed by atoms with E-state index in [0.29, 0.717) is 0 Å². The highest BCUT2D eigenvalue weighted by Gasteiger charge is 2.28. The summed E-state index contributed by atoms with van der Waals surface area (Å²) in [5.41, 5.74) is 2.15. The molecule has 2 aromatic rings. The Kier molecular flexibility index (Phi) is 7.02. The van der Waals surface area contributed by atoms with Crippen LogP contribution in [-0.2, 0) is 8.85 Å². The summed E-state index contributed by atoms with van der Waals surface area (Å²) >= 11 is 0. The maximum Gasteiger partial charge on any atom is 0.219 e. The van der Waals surface area contributed by atoms with E-state index in [-0.39, 0.29) is 0 Å². The van der Waals surface area contributed by atoms with Gasteiger partial charge in [-0.2, -0.15) is 0 Å². The SMILES string of the molecule is CCO[Si](C)(C)c1ccccc1C#Cc1ccccc1[Si](C)(C)OCC. The van der Waals surface area contributed by atoms with Gasteiger partial charge in [0.1, 0.15) is 0 Å². The Labute approximate surface area is 160 Å². The minimum Gasteiger partial charge on any atom is -0.413 e. The van der Waals surface area contributed by atoms with Gasteiger partial charge in [-0.05, 0) is 62.5 Å². The average molecular weight is 383 g/mol. The van der Waals surface area contributed by atoms with Crippen molar-refractivity contribution in [2.24, 2.45) is 0 Å². The Bertz CT molecular complexity index is 736. The molecule has 0 bridgehead atoms. The van der Waals surface area contributed by atoms with Crippen molar-refractivity contribution < 1.29 is 8.85 Å². The van der Waals surface area contributed by atoms with Crippen molar-refractivity contribution in [3.63, 3.8) is 0 Å². The molecule has 0 N–H and O–H groups in total. The number of rotatable bonds is 6. The minimum atomic E-state index is -1.94. The van der Waals surface area contributed by atoms with Crippen LogP contribution >= 0.6 is 0 Å². The molecule has 2 rings (SSSR count). The monoisotopic (exact) mass is 382 g/mol. The highest BCUT2D eigenvalue weighted by Crippen LogP contribution is 2.11. The molecule has 2 aromatic carbocycles. The van der Waals surface area contributed by atoms with Crippen LogP contribution in [0.15, 0.2) is 48.5 Å². The van der Waals surface area contributed by atoms with Crippen molar-refractivity contribution in [3.8, 4) is 11.8 Å². The van der Waals surface area contributed by atoms with Gasteiger partial charge in [0.2, 0.25) is 16.6 Å². The summed E-state index contributed by atoms with van der Waals surface area (Å²) < 4.78 is 12.2. The third kappa shape index (κ3) is 4.96. The third-order valence-corrected chi connectivity index (χ3v) is 9.98. The molecule has 0 fully saturated rings. The lowest BCUT2D eigenvalue weighted by molar-refractivity contribution is 0.338. The van der Waals surface area contributed by atoms with Gasteiger partial charge in [-0.15, -0.1) is 0 Å². The third-order valence-electron chi connectivity index (χ3n) is 4.49. The zero-order chi connectivity index (χ0) is 19.2. The molecule has 0 amide bonds. The van der Waals surface area contributed by atoms with Gasteiger partial charge in [-0.1, -0.05) is 48.2 Å². The van der Waals surface area contributed by atoms with Crippen molar-refractivity contribution in [3.05, 3.63) is 59.7 Å². The fraction of sp³-hybridized carbons (Fsp3) is 0.364. The van der Waals surface area contributed by atoms with Gasteiger partial charge in [0.15, 0.2) is 0 Å². The number of benzene rings is 2. The maximum atomic E-state index is 6.08. The van der Waals surface area contributed by atoms with E-state index in [2.05, 4.69) is 100 Å². The molecule has 0 aliphatic rings. The molecule has 0 atom stereocenters. The average Bonchev–Trinajstić information content (AvgIpc) is 2.60. The molecular weight excluding hydrogens is 352 g/mol. The van der Waals surface area contributed by atoms with Crippen molar-refractivity contribution in [1.29, 1.82) is 0 Å². The Balaban J connectivity index is 2.47. The van der Waals surface area contributed by atoms with E-state index in [1.54, 1.807) is 0 Å². The minimum absolute atomic E-state index is 0.734. The molecule has 0 aromatic heterocycles. The predicted octanol–water partition coefficient (Wildman–Crippen LogP) is 3.98. The summed E-state index contributed by atoms with van der Waals surface area (Å²) in [6, 6.07) is 16.8. The lowest BCUT2D eigenvalue weighted by Gasteiger charge is -2.24. The predicted molar refractivity (Wildman–Crippen MR) is 116 cm³/mol. The second kappa shape index (κ2) is 8.83. The van der Waals surface area contributed by atoms with Crippen molar-refractivity contribution in [1.82, 2.24) is 0 Å². The second-order valence-electron chi connectivity index (χ2n) is 7.23. The second-order valence-corrected chi connectivity index (χ2v) is 14.9. The Morgan fingerprint density at radius 2 is 1.00 bits per heavy atom. The quantitative estimate of drug-likeness (QED) is 0.556. The van der Waals surface area contributed by atoms with Crippen LogP contribution in [0.2, 0.25) is 26.2 Å².